The first-order valence-corrected chi connectivity index (χ1v) is 11.1. The minimum Gasteiger partial charge on any atom is -0.322 e. The standard InChI is InChI=1S/C24H19N5OS/c30-23(20-14-25-29(22(20)17-6-7-17)19-4-2-1-3-5-19)26-18-10-8-16(9-11-18)21-15-28-12-13-31-24(28)27-21/h1-5,8-15,17H,6-7H2,(H,26,30). The van der Waals surface area contributed by atoms with Crippen molar-refractivity contribution in [1.82, 2.24) is 19.2 Å². The lowest BCUT2D eigenvalue weighted by Crippen LogP contribution is -2.14. The Labute approximate surface area is 182 Å². The summed E-state index contributed by atoms with van der Waals surface area (Å²) in [7, 11) is 0. The number of thiazole rings is 1. The molecule has 3 aromatic heterocycles. The van der Waals surface area contributed by atoms with Crippen LogP contribution in [0.4, 0.5) is 5.69 Å². The number of anilines is 1. The molecule has 7 heteroatoms. The third-order valence-corrected chi connectivity index (χ3v) is 6.32. The summed E-state index contributed by atoms with van der Waals surface area (Å²) in [6.07, 6.45) is 7.88. The molecule has 1 fully saturated rings. The highest BCUT2D eigenvalue weighted by molar-refractivity contribution is 7.15. The molecule has 0 saturated heterocycles. The fourth-order valence-corrected chi connectivity index (χ4v) is 4.55. The van der Waals surface area contributed by atoms with Crippen LogP contribution in [0.2, 0.25) is 0 Å². The van der Waals surface area contributed by atoms with Gasteiger partial charge in [0.15, 0.2) is 4.96 Å². The van der Waals surface area contributed by atoms with Crippen molar-refractivity contribution in [3.63, 3.8) is 0 Å². The molecule has 0 atom stereocenters. The predicted octanol–water partition coefficient (Wildman–Crippen LogP) is 5.38. The van der Waals surface area contributed by atoms with Gasteiger partial charge in [0.1, 0.15) is 0 Å². The van der Waals surface area contributed by atoms with Gasteiger partial charge < -0.3 is 5.32 Å². The number of hydrogen-bond donors (Lipinski definition) is 1. The molecule has 31 heavy (non-hydrogen) atoms. The fraction of sp³-hybridized carbons (Fsp3) is 0.125. The van der Waals surface area contributed by atoms with E-state index in [9.17, 15) is 4.79 Å². The number of amides is 1. The molecular weight excluding hydrogens is 406 g/mol. The van der Waals surface area contributed by atoms with Gasteiger partial charge in [0.2, 0.25) is 0 Å². The van der Waals surface area contributed by atoms with E-state index in [0.717, 1.165) is 46.1 Å². The third kappa shape index (κ3) is 3.33. The Morgan fingerprint density at radius 2 is 1.87 bits per heavy atom. The molecule has 0 radical (unpaired) electrons. The first kappa shape index (κ1) is 18.1. The summed E-state index contributed by atoms with van der Waals surface area (Å²) >= 11 is 1.61. The van der Waals surface area contributed by atoms with Crippen LogP contribution in [0.25, 0.3) is 21.9 Å². The van der Waals surface area contributed by atoms with Crippen LogP contribution in [0, 0.1) is 0 Å². The molecule has 0 spiro atoms. The van der Waals surface area contributed by atoms with Gasteiger partial charge in [-0.25, -0.2) is 9.67 Å². The highest BCUT2D eigenvalue weighted by atomic mass is 32.1. The Bertz CT molecular complexity index is 1350. The number of para-hydroxylation sites is 1. The van der Waals surface area contributed by atoms with Crippen molar-refractivity contribution in [2.45, 2.75) is 18.8 Å². The topological polar surface area (TPSA) is 64.2 Å². The summed E-state index contributed by atoms with van der Waals surface area (Å²) in [6.45, 7) is 0. The molecule has 1 saturated carbocycles. The van der Waals surface area contributed by atoms with Crippen molar-refractivity contribution >= 4 is 27.9 Å². The quantitative estimate of drug-likeness (QED) is 0.411. The van der Waals surface area contributed by atoms with Crippen molar-refractivity contribution in [3.05, 3.63) is 89.8 Å². The summed E-state index contributed by atoms with van der Waals surface area (Å²) in [5.41, 5.74) is 5.31. The lowest BCUT2D eigenvalue weighted by Gasteiger charge is -2.10. The Morgan fingerprint density at radius 1 is 1.06 bits per heavy atom. The Kier molecular flexibility index (Phi) is 4.21. The molecular formula is C24H19N5OS. The number of nitrogens with one attached hydrogen (secondary N) is 1. The Hall–Kier alpha value is -3.71. The van der Waals surface area contributed by atoms with Gasteiger partial charge in [-0.2, -0.15) is 5.10 Å². The lowest BCUT2D eigenvalue weighted by molar-refractivity contribution is 0.102. The number of carbonyl (C=O) groups is 1. The minimum atomic E-state index is -0.126. The molecule has 6 nitrogen and oxygen atoms in total. The van der Waals surface area contributed by atoms with E-state index in [0.29, 0.717) is 11.5 Å². The summed E-state index contributed by atoms with van der Waals surface area (Å²) in [5, 5.41) is 9.57. The van der Waals surface area contributed by atoms with Crippen LogP contribution >= 0.6 is 11.3 Å². The molecule has 1 N–H and O–H groups in total. The molecule has 152 valence electrons. The molecule has 1 aliphatic carbocycles. The van der Waals surface area contributed by atoms with Crippen molar-refractivity contribution in [3.8, 4) is 16.9 Å². The van der Waals surface area contributed by atoms with E-state index in [1.807, 2.05) is 81.5 Å². The number of fused-ring (bicyclic) bond motifs is 1. The lowest BCUT2D eigenvalue weighted by atomic mass is 10.1. The zero-order valence-corrected chi connectivity index (χ0v) is 17.4. The average Bonchev–Trinajstić information content (AvgIpc) is 3.20. The molecule has 0 unspecified atom stereocenters. The second-order valence-corrected chi connectivity index (χ2v) is 8.59. The minimum absolute atomic E-state index is 0.126. The van der Waals surface area contributed by atoms with Crippen LogP contribution in [-0.2, 0) is 0 Å². The third-order valence-electron chi connectivity index (χ3n) is 5.55. The summed E-state index contributed by atoms with van der Waals surface area (Å²) in [6, 6.07) is 17.8. The van der Waals surface area contributed by atoms with Crippen molar-refractivity contribution in [2.75, 3.05) is 5.32 Å². The number of benzene rings is 2. The van der Waals surface area contributed by atoms with Gasteiger partial charge in [-0.3, -0.25) is 9.20 Å². The molecule has 0 bridgehead atoms. The molecule has 0 aliphatic heterocycles. The second kappa shape index (κ2) is 7.21. The maximum Gasteiger partial charge on any atom is 0.259 e. The van der Waals surface area contributed by atoms with Gasteiger partial charge in [0.25, 0.3) is 5.91 Å². The monoisotopic (exact) mass is 425 g/mol. The first-order chi connectivity index (χ1) is 15.3. The zero-order valence-electron chi connectivity index (χ0n) is 16.6. The van der Waals surface area contributed by atoms with Crippen LogP contribution < -0.4 is 5.32 Å². The summed E-state index contributed by atoms with van der Waals surface area (Å²) < 4.78 is 3.92. The molecule has 3 heterocycles. The van der Waals surface area contributed by atoms with Crippen LogP contribution in [-0.4, -0.2) is 25.1 Å². The van der Waals surface area contributed by atoms with E-state index in [-0.39, 0.29) is 5.91 Å². The van der Waals surface area contributed by atoms with E-state index in [2.05, 4.69) is 15.4 Å². The van der Waals surface area contributed by atoms with Gasteiger partial charge in [-0.1, -0.05) is 30.3 Å². The summed E-state index contributed by atoms with van der Waals surface area (Å²) in [4.78, 5) is 18.7. The maximum absolute atomic E-state index is 13.1. The maximum atomic E-state index is 13.1. The predicted molar refractivity (Wildman–Crippen MR) is 122 cm³/mol. The first-order valence-electron chi connectivity index (χ1n) is 10.2. The van der Waals surface area contributed by atoms with E-state index >= 15 is 0 Å². The van der Waals surface area contributed by atoms with E-state index < -0.39 is 0 Å². The highest BCUT2D eigenvalue weighted by Gasteiger charge is 2.32. The van der Waals surface area contributed by atoms with Gasteiger partial charge in [-0.05, 0) is 37.1 Å². The normalized spacial score (nSPS) is 13.5. The van der Waals surface area contributed by atoms with Gasteiger partial charge in [-0.15, -0.1) is 11.3 Å². The molecule has 5 aromatic rings. The van der Waals surface area contributed by atoms with Crippen molar-refractivity contribution in [1.29, 1.82) is 0 Å². The smallest absolute Gasteiger partial charge is 0.259 e. The van der Waals surface area contributed by atoms with Gasteiger partial charge in [0, 0.05) is 34.9 Å². The largest absolute Gasteiger partial charge is 0.322 e. The second-order valence-electron chi connectivity index (χ2n) is 7.72. The zero-order chi connectivity index (χ0) is 20.8. The number of nitrogens with zero attached hydrogens (tertiary/aromatic N) is 4. The van der Waals surface area contributed by atoms with E-state index in [4.69, 9.17) is 0 Å². The number of imidazole rings is 1. The summed E-state index contributed by atoms with van der Waals surface area (Å²) in [5.74, 6) is 0.264. The Balaban J connectivity index is 1.25. The van der Waals surface area contributed by atoms with Crippen LogP contribution in [0.1, 0.15) is 34.8 Å². The molecule has 1 amide bonds. The number of aromatic nitrogens is 4. The van der Waals surface area contributed by atoms with E-state index in [1.54, 1.807) is 17.5 Å². The number of carbonyl (C=O) groups excluding carboxylic acids is 1. The van der Waals surface area contributed by atoms with Gasteiger partial charge >= 0.3 is 0 Å². The Morgan fingerprint density at radius 3 is 2.61 bits per heavy atom. The highest BCUT2D eigenvalue weighted by Crippen LogP contribution is 2.42. The van der Waals surface area contributed by atoms with E-state index in [1.165, 1.54) is 0 Å². The van der Waals surface area contributed by atoms with Gasteiger partial charge in [0.05, 0.1) is 28.8 Å². The van der Waals surface area contributed by atoms with Crippen LogP contribution in [0.5, 0.6) is 0 Å². The molecule has 2 aromatic carbocycles. The number of rotatable bonds is 5. The molecule has 1 aliphatic rings. The number of hydrogen-bond acceptors (Lipinski definition) is 4. The average molecular weight is 426 g/mol. The fourth-order valence-electron chi connectivity index (χ4n) is 3.85. The van der Waals surface area contributed by atoms with Crippen molar-refractivity contribution < 1.29 is 4.79 Å². The van der Waals surface area contributed by atoms with Crippen LogP contribution in [0.3, 0.4) is 0 Å². The molecule has 6 rings (SSSR count). The SMILES string of the molecule is O=C(Nc1ccc(-c2cn3ccsc3n2)cc1)c1cnn(-c2ccccc2)c1C1CC1. The van der Waals surface area contributed by atoms with Crippen molar-refractivity contribution in [2.24, 2.45) is 0 Å². The van der Waals surface area contributed by atoms with Crippen LogP contribution in [0.15, 0.2) is 78.6 Å².